The highest BCUT2D eigenvalue weighted by Gasteiger charge is 2.10. The van der Waals surface area contributed by atoms with Crippen LogP contribution in [0.25, 0.3) is 0 Å². The summed E-state index contributed by atoms with van der Waals surface area (Å²) in [5.74, 6) is -1.00. The first-order valence-electron chi connectivity index (χ1n) is 4.72. The zero-order valence-corrected chi connectivity index (χ0v) is 9.58. The van der Waals surface area contributed by atoms with Crippen molar-refractivity contribution < 1.29 is 22.7 Å². The van der Waals surface area contributed by atoms with Gasteiger partial charge in [0.1, 0.15) is 0 Å². The molecule has 1 aromatic rings. The minimum Gasteiger partial charge on any atom is -0.475 e. The van der Waals surface area contributed by atoms with Crippen molar-refractivity contribution in [3.05, 3.63) is 17.9 Å². The molecule has 1 rings (SSSR count). The molecule has 0 saturated heterocycles. The molecule has 0 aliphatic carbocycles. The van der Waals surface area contributed by atoms with E-state index in [2.05, 4.69) is 5.32 Å². The lowest BCUT2D eigenvalue weighted by molar-refractivity contribution is 0.0663. The van der Waals surface area contributed by atoms with Crippen LogP contribution >= 0.6 is 0 Å². The SMILES string of the molecule is CCS(=O)(=O)CCNc1ccc(C(=O)O)o1. The molecule has 7 heteroatoms. The van der Waals surface area contributed by atoms with Gasteiger partial charge in [-0.3, -0.25) is 0 Å². The molecule has 1 heterocycles. The van der Waals surface area contributed by atoms with Crippen molar-refractivity contribution in [1.29, 1.82) is 0 Å². The first-order chi connectivity index (χ1) is 7.44. The van der Waals surface area contributed by atoms with Gasteiger partial charge in [0.05, 0.1) is 5.75 Å². The zero-order valence-electron chi connectivity index (χ0n) is 8.76. The van der Waals surface area contributed by atoms with Gasteiger partial charge in [0.15, 0.2) is 15.7 Å². The van der Waals surface area contributed by atoms with Crippen LogP contribution in [0.3, 0.4) is 0 Å². The molecule has 2 N–H and O–H groups in total. The maximum atomic E-state index is 11.1. The lowest BCUT2D eigenvalue weighted by atomic mass is 10.5. The van der Waals surface area contributed by atoms with E-state index >= 15 is 0 Å². The number of carbonyl (C=O) groups is 1. The van der Waals surface area contributed by atoms with Gasteiger partial charge in [-0.15, -0.1) is 0 Å². The van der Waals surface area contributed by atoms with Crippen LogP contribution in [0.1, 0.15) is 17.5 Å². The van der Waals surface area contributed by atoms with E-state index in [9.17, 15) is 13.2 Å². The van der Waals surface area contributed by atoms with E-state index in [1.54, 1.807) is 6.92 Å². The summed E-state index contributed by atoms with van der Waals surface area (Å²) in [5.41, 5.74) is 0. The van der Waals surface area contributed by atoms with Crippen molar-refractivity contribution in [2.45, 2.75) is 6.92 Å². The van der Waals surface area contributed by atoms with E-state index in [0.29, 0.717) is 0 Å². The number of anilines is 1. The lowest BCUT2D eigenvalue weighted by Gasteiger charge is -2.02. The molecule has 0 amide bonds. The summed E-state index contributed by atoms with van der Waals surface area (Å²) >= 11 is 0. The van der Waals surface area contributed by atoms with Gasteiger partial charge in [-0.2, -0.15) is 0 Å². The molecule has 0 aliphatic rings. The van der Waals surface area contributed by atoms with E-state index < -0.39 is 15.8 Å². The molecule has 0 aliphatic heterocycles. The van der Waals surface area contributed by atoms with Gasteiger partial charge in [0.2, 0.25) is 5.76 Å². The van der Waals surface area contributed by atoms with Crippen LogP contribution in [0.5, 0.6) is 0 Å². The van der Waals surface area contributed by atoms with Crippen LogP contribution in [0, 0.1) is 0 Å². The minimum absolute atomic E-state index is 0.00734. The predicted octanol–water partition coefficient (Wildman–Crippen LogP) is 0.824. The van der Waals surface area contributed by atoms with E-state index in [-0.39, 0.29) is 29.7 Å². The van der Waals surface area contributed by atoms with Crippen molar-refractivity contribution in [3.8, 4) is 0 Å². The third-order valence-corrected chi connectivity index (χ3v) is 3.67. The standard InChI is InChI=1S/C9H13NO5S/c1-2-16(13,14)6-5-10-8-4-3-7(15-8)9(11)12/h3-4,10H,2,5-6H2,1H3,(H,11,12). The summed E-state index contributed by atoms with van der Waals surface area (Å²) in [5, 5.41) is 11.3. The van der Waals surface area contributed by atoms with Gasteiger partial charge < -0.3 is 14.8 Å². The molecule has 0 unspecified atom stereocenters. The molecular weight excluding hydrogens is 234 g/mol. The fourth-order valence-electron chi connectivity index (χ4n) is 1.02. The molecule has 0 saturated carbocycles. The Hall–Kier alpha value is -1.50. The number of rotatable bonds is 6. The Morgan fingerprint density at radius 1 is 1.50 bits per heavy atom. The molecule has 0 radical (unpaired) electrons. The summed E-state index contributed by atoms with van der Waals surface area (Å²) in [7, 11) is -3.02. The van der Waals surface area contributed by atoms with Crippen LogP contribution in [-0.2, 0) is 9.84 Å². The monoisotopic (exact) mass is 247 g/mol. The molecule has 0 bridgehead atoms. The number of carboxylic acid groups (broad SMARTS) is 1. The van der Waals surface area contributed by atoms with Crippen LogP contribution in [0.2, 0.25) is 0 Å². The predicted molar refractivity (Wildman–Crippen MR) is 58.5 cm³/mol. The molecule has 0 fully saturated rings. The Morgan fingerprint density at radius 2 is 2.19 bits per heavy atom. The van der Waals surface area contributed by atoms with Crippen molar-refractivity contribution in [1.82, 2.24) is 0 Å². The fraction of sp³-hybridized carbons (Fsp3) is 0.444. The number of hydrogen-bond donors (Lipinski definition) is 2. The van der Waals surface area contributed by atoms with Crippen molar-refractivity contribution in [2.24, 2.45) is 0 Å². The number of aromatic carboxylic acids is 1. The van der Waals surface area contributed by atoms with Crippen molar-refractivity contribution in [2.75, 3.05) is 23.4 Å². The Labute approximate surface area is 93.2 Å². The third-order valence-electron chi connectivity index (χ3n) is 1.97. The van der Waals surface area contributed by atoms with Gasteiger partial charge in [-0.1, -0.05) is 6.92 Å². The maximum absolute atomic E-state index is 11.1. The highest BCUT2D eigenvalue weighted by atomic mass is 32.2. The van der Waals surface area contributed by atoms with Crippen LogP contribution in [0.15, 0.2) is 16.5 Å². The molecule has 90 valence electrons. The maximum Gasteiger partial charge on any atom is 0.371 e. The Balaban J connectivity index is 2.46. The van der Waals surface area contributed by atoms with E-state index in [0.717, 1.165) is 0 Å². The Bertz CT molecular complexity index is 462. The van der Waals surface area contributed by atoms with Crippen molar-refractivity contribution >= 4 is 21.7 Å². The van der Waals surface area contributed by atoms with Gasteiger partial charge in [0.25, 0.3) is 0 Å². The van der Waals surface area contributed by atoms with E-state index in [1.807, 2.05) is 0 Å². The smallest absolute Gasteiger partial charge is 0.371 e. The topological polar surface area (TPSA) is 96.6 Å². The Kier molecular flexibility index (Phi) is 3.94. The molecule has 16 heavy (non-hydrogen) atoms. The van der Waals surface area contributed by atoms with Crippen LogP contribution in [0.4, 0.5) is 5.88 Å². The Morgan fingerprint density at radius 3 is 2.69 bits per heavy atom. The molecule has 0 atom stereocenters. The molecule has 0 spiro atoms. The molecule has 1 aromatic heterocycles. The van der Waals surface area contributed by atoms with E-state index in [4.69, 9.17) is 9.52 Å². The highest BCUT2D eigenvalue weighted by molar-refractivity contribution is 7.91. The summed E-state index contributed by atoms with van der Waals surface area (Å²) in [4.78, 5) is 10.5. The number of nitrogens with one attached hydrogen (secondary N) is 1. The number of furan rings is 1. The second-order valence-electron chi connectivity index (χ2n) is 3.13. The molecule has 6 nitrogen and oxygen atoms in total. The van der Waals surface area contributed by atoms with Crippen molar-refractivity contribution in [3.63, 3.8) is 0 Å². The second-order valence-corrected chi connectivity index (χ2v) is 5.60. The zero-order chi connectivity index (χ0) is 12.2. The van der Waals surface area contributed by atoms with Gasteiger partial charge >= 0.3 is 5.97 Å². The minimum atomic E-state index is -3.02. The average molecular weight is 247 g/mol. The van der Waals surface area contributed by atoms with Gasteiger partial charge in [-0.05, 0) is 6.07 Å². The normalized spacial score (nSPS) is 11.3. The summed E-state index contributed by atoms with van der Waals surface area (Å²) < 4.78 is 27.2. The summed E-state index contributed by atoms with van der Waals surface area (Å²) in [6.45, 7) is 1.77. The quantitative estimate of drug-likeness (QED) is 0.772. The largest absolute Gasteiger partial charge is 0.475 e. The number of carboxylic acids is 1. The first-order valence-corrected chi connectivity index (χ1v) is 6.54. The lowest BCUT2D eigenvalue weighted by Crippen LogP contribution is -2.16. The fourth-order valence-corrected chi connectivity index (χ4v) is 1.72. The summed E-state index contributed by atoms with van der Waals surface area (Å²) in [6, 6.07) is 2.75. The van der Waals surface area contributed by atoms with E-state index in [1.165, 1.54) is 12.1 Å². The number of hydrogen-bond acceptors (Lipinski definition) is 5. The molecule has 0 aromatic carbocycles. The summed E-state index contributed by atoms with van der Waals surface area (Å²) in [6.07, 6.45) is 0. The first kappa shape index (κ1) is 12.6. The third kappa shape index (κ3) is 3.58. The average Bonchev–Trinajstić information content (AvgIpc) is 2.66. The highest BCUT2D eigenvalue weighted by Crippen LogP contribution is 2.12. The van der Waals surface area contributed by atoms with Gasteiger partial charge in [0, 0.05) is 18.4 Å². The molecular formula is C9H13NO5S. The number of sulfone groups is 1. The van der Waals surface area contributed by atoms with Crippen LogP contribution < -0.4 is 5.32 Å². The second kappa shape index (κ2) is 5.02. The van der Waals surface area contributed by atoms with Gasteiger partial charge in [-0.25, -0.2) is 13.2 Å². The van der Waals surface area contributed by atoms with Crippen LogP contribution in [-0.4, -0.2) is 37.5 Å².